The standard InChI is InChI=1S/C6H6BrI3O3/c7-1-2-12-6(11)13-3-4(8)5(9)10/h1-3H2. The molecule has 0 spiro atoms. The lowest BCUT2D eigenvalue weighted by molar-refractivity contribution is 0.0680. The van der Waals surface area contributed by atoms with E-state index in [1.165, 1.54) is 0 Å². The summed E-state index contributed by atoms with van der Waals surface area (Å²) in [6.07, 6.45) is -0.623. The Hall–Kier alpha value is 1.68. The van der Waals surface area contributed by atoms with Gasteiger partial charge in [0.2, 0.25) is 0 Å². The van der Waals surface area contributed by atoms with Crippen molar-refractivity contribution in [3.05, 3.63) is 5.17 Å². The number of halogens is 4. The molecule has 0 saturated heterocycles. The van der Waals surface area contributed by atoms with Gasteiger partial charge in [-0.25, -0.2) is 4.79 Å². The lowest BCUT2D eigenvalue weighted by atomic mass is 10.7. The molecule has 0 atom stereocenters. The van der Waals surface area contributed by atoms with E-state index in [1.54, 1.807) is 0 Å². The maximum Gasteiger partial charge on any atom is 0.508 e. The van der Waals surface area contributed by atoms with Gasteiger partial charge in [0.25, 0.3) is 0 Å². The van der Waals surface area contributed by atoms with Crippen molar-refractivity contribution in [1.82, 2.24) is 0 Å². The fraction of sp³-hybridized carbons (Fsp3) is 0.500. The maximum absolute atomic E-state index is 10.8. The summed E-state index contributed by atoms with van der Waals surface area (Å²) >= 11 is 9.59. The zero-order chi connectivity index (χ0) is 10.3. The van der Waals surface area contributed by atoms with Gasteiger partial charge in [-0.15, -0.1) is 0 Å². The van der Waals surface area contributed by atoms with Crippen LogP contribution in [0.3, 0.4) is 0 Å². The monoisotopic (exact) mass is 586 g/mol. The molecule has 0 aliphatic rings. The minimum atomic E-state index is -0.623. The van der Waals surface area contributed by atoms with Gasteiger partial charge in [0.1, 0.15) is 13.2 Å². The minimum Gasteiger partial charge on any atom is -0.433 e. The van der Waals surface area contributed by atoms with Crippen LogP contribution in [0.1, 0.15) is 0 Å². The van der Waals surface area contributed by atoms with Gasteiger partial charge in [0.15, 0.2) is 0 Å². The summed E-state index contributed by atoms with van der Waals surface area (Å²) in [5, 5.41) is 0.624. The molecule has 7 heteroatoms. The molecule has 3 nitrogen and oxygen atoms in total. The van der Waals surface area contributed by atoms with Gasteiger partial charge in [-0.1, -0.05) is 15.9 Å². The van der Waals surface area contributed by atoms with Crippen molar-refractivity contribution in [2.45, 2.75) is 0 Å². The molecule has 0 bridgehead atoms. The lowest BCUT2D eigenvalue weighted by Gasteiger charge is -2.04. The summed E-state index contributed by atoms with van der Waals surface area (Å²) in [5.74, 6) is 0. The fourth-order valence-corrected chi connectivity index (χ4v) is 0.969. The zero-order valence-electron chi connectivity index (χ0n) is 6.36. The quantitative estimate of drug-likeness (QED) is 0.284. The molecule has 0 aromatic rings. The number of ether oxygens (including phenoxy) is 2. The Balaban J connectivity index is 3.65. The van der Waals surface area contributed by atoms with E-state index >= 15 is 0 Å². The van der Waals surface area contributed by atoms with Crippen molar-refractivity contribution in [3.63, 3.8) is 0 Å². The molecule has 13 heavy (non-hydrogen) atoms. The van der Waals surface area contributed by atoms with Gasteiger partial charge in [0.05, 0.1) is 1.59 Å². The first-order valence-corrected chi connectivity index (χ1v) is 7.49. The third-order valence-corrected chi connectivity index (χ3v) is 5.36. The van der Waals surface area contributed by atoms with E-state index in [2.05, 4.69) is 88.4 Å². The van der Waals surface area contributed by atoms with Crippen molar-refractivity contribution >= 4 is 89.9 Å². The highest BCUT2D eigenvalue weighted by atomic mass is 127. The molecular formula is C6H6BrI3O3. The second-order valence-corrected chi connectivity index (χ2v) is 8.06. The summed E-state index contributed by atoms with van der Waals surface area (Å²) < 4.78 is 11.6. The fourth-order valence-electron chi connectivity index (χ4n) is 0.340. The molecule has 76 valence electrons. The number of rotatable bonds is 4. The van der Waals surface area contributed by atoms with Crippen LogP contribution in [0.15, 0.2) is 5.17 Å². The molecule has 0 heterocycles. The van der Waals surface area contributed by atoms with Gasteiger partial charge in [0, 0.05) is 8.91 Å². The zero-order valence-corrected chi connectivity index (χ0v) is 14.4. The average molecular weight is 587 g/mol. The second kappa shape index (κ2) is 8.95. The van der Waals surface area contributed by atoms with Crippen molar-refractivity contribution < 1.29 is 14.3 Å². The van der Waals surface area contributed by atoms with Gasteiger partial charge in [-0.2, -0.15) is 0 Å². The van der Waals surface area contributed by atoms with E-state index in [1.807, 2.05) is 0 Å². The Kier molecular flexibility index (Phi) is 10.1. The molecule has 0 rings (SSSR count). The van der Waals surface area contributed by atoms with Crippen molar-refractivity contribution in [1.29, 1.82) is 0 Å². The van der Waals surface area contributed by atoms with Crippen LogP contribution >= 0.6 is 83.7 Å². The molecule has 0 aliphatic heterocycles. The Morgan fingerprint density at radius 3 is 2.31 bits per heavy atom. The van der Waals surface area contributed by atoms with Crippen LogP contribution in [0.4, 0.5) is 4.79 Å². The molecule has 0 N–H and O–H groups in total. The van der Waals surface area contributed by atoms with E-state index in [0.29, 0.717) is 11.9 Å². The molecule has 0 amide bonds. The third-order valence-electron chi connectivity index (χ3n) is 0.819. The summed E-state index contributed by atoms with van der Waals surface area (Å²) in [7, 11) is 0. The Morgan fingerprint density at radius 1 is 1.23 bits per heavy atom. The first-order chi connectivity index (χ1) is 6.07. The Labute approximate surface area is 126 Å². The first kappa shape index (κ1) is 14.7. The topological polar surface area (TPSA) is 35.5 Å². The second-order valence-electron chi connectivity index (χ2n) is 1.74. The van der Waals surface area contributed by atoms with Gasteiger partial charge in [-0.05, 0) is 67.8 Å². The molecule has 0 aromatic heterocycles. The number of carbonyl (C=O) groups is 1. The molecule has 0 unspecified atom stereocenters. The van der Waals surface area contributed by atoms with E-state index in [4.69, 9.17) is 4.74 Å². The lowest BCUT2D eigenvalue weighted by Crippen LogP contribution is -2.09. The Bertz CT molecular complexity index is 203. The van der Waals surface area contributed by atoms with Crippen LogP contribution in [-0.4, -0.2) is 24.7 Å². The molecule has 0 aromatic carbocycles. The number of alkyl halides is 1. The minimum absolute atomic E-state index is 0.281. The summed E-state index contributed by atoms with van der Waals surface area (Å²) in [4.78, 5) is 10.8. The SMILES string of the molecule is O=C(OCCBr)OCC(I)=C(I)I. The van der Waals surface area contributed by atoms with E-state index in [-0.39, 0.29) is 6.61 Å². The van der Waals surface area contributed by atoms with Crippen LogP contribution in [0.2, 0.25) is 0 Å². The van der Waals surface area contributed by atoms with Gasteiger partial charge in [-0.3, -0.25) is 0 Å². The van der Waals surface area contributed by atoms with Crippen molar-refractivity contribution in [3.8, 4) is 0 Å². The van der Waals surface area contributed by atoms with Crippen LogP contribution in [0, 0.1) is 0 Å². The van der Waals surface area contributed by atoms with E-state index in [0.717, 1.165) is 5.17 Å². The van der Waals surface area contributed by atoms with Crippen molar-refractivity contribution in [2.75, 3.05) is 18.5 Å². The number of hydrogen-bond acceptors (Lipinski definition) is 3. The highest BCUT2D eigenvalue weighted by molar-refractivity contribution is 14.2. The van der Waals surface area contributed by atoms with Crippen LogP contribution in [0.25, 0.3) is 0 Å². The highest BCUT2D eigenvalue weighted by Crippen LogP contribution is 2.25. The molecular weight excluding hydrogens is 581 g/mol. The average Bonchev–Trinajstić information content (AvgIpc) is 2.10. The van der Waals surface area contributed by atoms with E-state index < -0.39 is 6.16 Å². The molecule has 0 fully saturated rings. The Morgan fingerprint density at radius 2 is 1.85 bits per heavy atom. The van der Waals surface area contributed by atoms with E-state index in [9.17, 15) is 4.79 Å². The molecule has 0 radical (unpaired) electrons. The predicted octanol–water partition coefficient (Wildman–Crippen LogP) is 4.01. The number of hydrogen-bond donors (Lipinski definition) is 0. The van der Waals surface area contributed by atoms with Crippen LogP contribution in [0.5, 0.6) is 0 Å². The van der Waals surface area contributed by atoms with Crippen LogP contribution in [-0.2, 0) is 9.47 Å². The summed E-state index contributed by atoms with van der Waals surface area (Å²) in [5.41, 5.74) is 0. The molecule has 0 saturated carbocycles. The smallest absolute Gasteiger partial charge is 0.433 e. The van der Waals surface area contributed by atoms with Gasteiger partial charge < -0.3 is 9.47 Å². The third kappa shape index (κ3) is 8.66. The predicted molar refractivity (Wildman–Crippen MR) is 80.2 cm³/mol. The summed E-state index contributed by atoms with van der Waals surface area (Å²) in [6.45, 7) is 0.614. The highest BCUT2D eigenvalue weighted by Gasteiger charge is 2.05. The van der Waals surface area contributed by atoms with Gasteiger partial charge >= 0.3 is 6.16 Å². The maximum atomic E-state index is 10.8. The first-order valence-electron chi connectivity index (χ1n) is 3.13. The normalized spacial score (nSPS) is 9.23. The summed E-state index contributed by atoms with van der Waals surface area (Å²) in [6, 6.07) is 0. The van der Waals surface area contributed by atoms with Crippen LogP contribution < -0.4 is 0 Å². The van der Waals surface area contributed by atoms with Crippen molar-refractivity contribution in [2.24, 2.45) is 0 Å². The number of carbonyl (C=O) groups excluding carboxylic acids is 1. The largest absolute Gasteiger partial charge is 0.508 e. The molecule has 0 aliphatic carbocycles.